The van der Waals surface area contributed by atoms with Gasteiger partial charge < -0.3 is 10.5 Å². The van der Waals surface area contributed by atoms with Crippen LogP contribution in [0.4, 0.5) is 0 Å². The van der Waals surface area contributed by atoms with Crippen LogP contribution in [0.25, 0.3) is 22.3 Å². The number of primary amides is 1. The minimum absolute atomic E-state index is 0.424. The van der Waals surface area contributed by atoms with Gasteiger partial charge in [0.05, 0.1) is 23.1 Å². The summed E-state index contributed by atoms with van der Waals surface area (Å²) in [5.74, 6) is 0.842. The fourth-order valence-corrected chi connectivity index (χ4v) is 3.40. The maximum atomic E-state index is 11.6. The summed E-state index contributed by atoms with van der Waals surface area (Å²) < 4.78 is 7.80. The van der Waals surface area contributed by atoms with E-state index in [1.54, 1.807) is 29.2 Å². The molecule has 7 nitrogen and oxygen atoms in total. The predicted octanol–water partition coefficient (Wildman–Crippen LogP) is 3.79. The molecular formula is C22H21N5O2. The molecule has 146 valence electrons. The molecule has 0 aliphatic rings. The topological polar surface area (TPSA) is 95.9 Å². The highest BCUT2D eigenvalue weighted by molar-refractivity contribution is 5.95. The highest BCUT2D eigenvalue weighted by atomic mass is 16.5. The molecule has 0 fully saturated rings. The highest BCUT2D eigenvalue weighted by Crippen LogP contribution is 2.28. The number of fused-ring (bicyclic) bond motifs is 1. The van der Waals surface area contributed by atoms with Crippen LogP contribution in [0.2, 0.25) is 0 Å². The van der Waals surface area contributed by atoms with E-state index in [1.807, 2.05) is 45.2 Å². The Balaban J connectivity index is 1.66. The summed E-state index contributed by atoms with van der Waals surface area (Å²) in [6.45, 7) is 3.92. The van der Waals surface area contributed by atoms with Crippen LogP contribution < -0.4 is 10.5 Å². The van der Waals surface area contributed by atoms with Crippen molar-refractivity contribution >= 4 is 16.9 Å². The Morgan fingerprint density at radius 2 is 1.97 bits per heavy atom. The fourth-order valence-electron chi connectivity index (χ4n) is 3.40. The molecule has 0 radical (unpaired) electrons. The maximum Gasteiger partial charge on any atom is 0.248 e. The molecule has 0 spiro atoms. The van der Waals surface area contributed by atoms with E-state index in [4.69, 9.17) is 10.5 Å². The molecule has 29 heavy (non-hydrogen) atoms. The van der Waals surface area contributed by atoms with Crippen LogP contribution in [0.15, 0.2) is 48.8 Å². The first kappa shape index (κ1) is 18.6. The van der Waals surface area contributed by atoms with E-state index in [9.17, 15) is 4.79 Å². The van der Waals surface area contributed by atoms with Gasteiger partial charge in [-0.15, -0.1) is 0 Å². The first-order valence-electron chi connectivity index (χ1n) is 9.32. The fraction of sp³-hybridized carbons (Fsp3) is 0.182. The van der Waals surface area contributed by atoms with Gasteiger partial charge in [0.2, 0.25) is 5.91 Å². The summed E-state index contributed by atoms with van der Waals surface area (Å²) in [6, 6.07) is 11.1. The Bertz CT molecular complexity index is 1230. The molecule has 0 aliphatic heterocycles. The van der Waals surface area contributed by atoms with Crippen molar-refractivity contribution in [3.05, 3.63) is 65.6 Å². The smallest absolute Gasteiger partial charge is 0.248 e. The molecule has 1 aromatic carbocycles. The molecule has 3 heterocycles. The van der Waals surface area contributed by atoms with Crippen LogP contribution in [0, 0.1) is 6.92 Å². The van der Waals surface area contributed by atoms with E-state index in [0.29, 0.717) is 23.5 Å². The lowest BCUT2D eigenvalue weighted by Crippen LogP contribution is -2.13. The molecule has 7 heteroatoms. The van der Waals surface area contributed by atoms with Crippen molar-refractivity contribution in [1.82, 2.24) is 19.7 Å². The largest absolute Gasteiger partial charge is 0.456 e. The Labute approximate surface area is 168 Å². The Hall–Kier alpha value is -3.74. The Kier molecular flexibility index (Phi) is 4.72. The third kappa shape index (κ3) is 3.54. The summed E-state index contributed by atoms with van der Waals surface area (Å²) >= 11 is 0. The molecule has 4 rings (SSSR count). The number of hydrogen-bond donors (Lipinski definition) is 1. The van der Waals surface area contributed by atoms with E-state index >= 15 is 0 Å². The van der Waals surface area contributed by atoms with Gasteiger partial charge in [-0.05, 0) is 37.1 Å². The van der Waals surface area contributed by atoms with E-state index in [2.05, 4.69) is 15.1 Å². The lowest BCUT2D eigenvalue weighted by molar-refractivity contribution is 0.0999. The van der Waals surface area contributed by atoms with Crippen molar-refractivity contribution in [1.29, 1.82) is 0 Å². The van der Waals surface area contributed by atoms with Crippen molar-refractivity contribution in [3.8, 4) is 22.8 Å². The number of carbonyl (C=O) groups excluding carboxylic acids is 1. The molecule has 3 aromatic heterocycles. The van der Waals surface area contributed by atoms with Crippen LogP contribution in [0.3, 0.4) is 0 Å². The third-order valence-corrected chi connectivity index (χ3v) is 4.85. The number of nitrogens with zero attached hydrogens (tertiary/aromatic N) is 4. The number of carbonyl (C=O) groups is 1. The molecule has 0 unspecified atom stereocenters. The molecule has 0 aliphatic carbocycles. The molecule has 2 N–H and O–H groups in total. The number of rotatable bonds is 5. The summed E-state index contributed by atoms with van der Waals surface area (Å²) in [6.07, 6.45) is 4.09. The minimum Gasteiger partial charge on any atom is -0.456 e. The number of benzene rings is 1. The average molecular weight is 387 g/mol. The number of ether oxygens (including phenoxy) is 1. The van der Waals surface area contributed by atoms with Gasteiger partial charge in [-0.3, -0.25) is 14.5 Å². The second-order valence-electron chi connectivity index (χ2n) is 6.82. The standard InChI is InChI=1S/C22H21N5O2/c1-4-14-9-15(5-6-18(14)22(23)28)19-10-16(7-8-24-19)29-17-11-20-21(25-12-17)13(2)26-27(20)3/h5-12H,4H2,1-3H3,(H2,23,28). The maximum absolute atomic E-state index is 11.6. The Morgan fingerprint density at radius 3 is 2.72 bits per heavy atom. The van der Waals surface area contributed by atoms with Crippen LogP contribution in [0.1, 0.15) is 28.5 Å². The molecular weight excluding hydrogens is 366 g/mol. The minimum atomic E-state index is -0.424. The van der Waals surface area contributed by atoms with Gasteiger partial charge in [-0.25, -0.2) is 4.98 Å². The number of aryl methyl sites for hydroxylation is 3. The van der Waals surface area contributed by atoms with Crippen LogP contribution in [-0.2, 0) is 13.5 Å². The lowest BCUT2D eigenvalue weighted by Gasteiger charge is -2.10. The van der Waals surface area contributed by atoms with Crippen molar-refractivity contribution in [2.24, 2.45) is 12.8 Å². The quantitative estimate of drug-likeness (QED) is 0.562. The average Bonchev–Trinajstić information content (AvgIpc) is 3.00. The first-order chi connectivity index (χ1) is 14.0. The molecule has 1 amide bonds. The molecule has 0 atom stereocenters. The number of pyridine rings is 2. The lowest BCUT2D eigenvalue weighted by atomic mass is 9.99. The van der Waals surface area contributed by atoms with Gasteiger partial charge in [0, 0.05) is 36.5 Å². The first-order valence-corrected chi connectivity index (χ1v) is 9.32. The summed E-state index contributed by atoms with van der Waals surface area (Å²) in [5.41, 5.74) is 11.2. The number of amides is 1. The SMILES string of the molecule is CCc1cc(-c2cc(Oc3cnc4c(C)nn(C)c4c3)ccn2)ccc1C(N)=O. The summed E-state index contributed by atoms with van der Waals surface area (Å²) in [5, 5.41) is 4.38. The van der Waals surface area contributed by atoms with E-state index in [0.717, 1.165) is 33.5 Å². The second-order valence-corrected chi connectivity index (χ2v) is 6.82. The van der Waals surface area contributed by atoms with Gasteiger partial charge in [0.25, 0.3) is 0 Å². The van der Waals surface area contributed by atoms with Crippen molar-refractivity contribution in [3.63, 3.8) is 0 Å². The Morgan fingerprint density at radius 1 is 1.14 bits per heavy atom. The highest BCUT2D eigenvalue weighted by Gasteiger charge is 2.11. The molecule has 0 saturated carbocycles. The third-order valence-electron chi connectivity index (χ3n) is 4.85. The number of aromatic nitrogens is 4. The monoisotopic (exact) mass is 387 g/mol. The molecule has 0 saturated heterocycles. The van der Waals surface area contributed by atoms with Crippen molar-refractivity contribution < 1.29 is 9.53 Å². The zero-order valence-electron chi connectivity index (χ0n) is 16.5. The molecule has 4 aromatic rings. The van der Waals surface area contributed by atoms with Crippen molar-refractivity contribution in [2.45, 2.75) is 20.3 Å². The van der Waals surface area contributed by atoms with E-state index in [-0.39, 0.29) is 0 Å². The second kappa shape index (κ2) is 7.35. The van der Waals surface area contributed by atoms with Gasteiger partial charge in [-0.1, -0.05) is 13.0 Å². The zero-order chi connectivity index (χ0) is 20.5. The van der Waals surface area contributed by atoms with Crippen molar-refractivity contribution in [2.75, 3.05) is 0 Å². The summed E-state index contributed by atoms with van der Waals surface area (Å²) in [7, 11) is 1.88. The van der Waals surface area contributed by atoms with E-state index in [1.165, 1.54) is 0 Å². The number of nitrogens with two attached hydrogens (primary N) is 1. The van der Waals surface area contributed by atoms with Gasteiger partial charge in [0.1, 0.15) is 17.0 Å². The summed E-state index contributed by atoms with van der Waals surface area (Å²) in [4.78, 5) is 20.5. The van der Waals surface area contributed by atoms with Crippen LogP contribution in [-0.4, -0.2) is 25.7 Å². The van der Waals surface area contributed by atoms with Gasteiger partial charge in [0.15, 0.2) is 0 Å². The number of hydrogen-bond acceptors (Lipinski definition) is 5. The van der Waals surface area contributed by atoms with Gasteiger partial charge >= 0.3 is 0 Å². The molecule has 0 bridgehead atoms. The van der Waals surface area contributed by atoms with Crippen LogP contribution >= 0.6 is 0 Å². The van der Waals surface area contributed by atoms with Crippen LogP contribution in [0.5, 0.6) is 11.5 Å². The van der Waals surface area contributed by atoms with E-state index < -0.39 is 5.91 Å². The zero-order valence-corrected chi connectivity index (χ0v) is 16.5. The normalized spacial score (nSPS) is 11.0. The van der Waals surface area contributed by atoms with Gasteiger partial charge in [-0.2, -0.15) is 5.10 Å². The predicted molar refractivity (Wildman–Crippen MR) is 111 cm³/mol.